The van der Waals surface area contributed by atoms with Crippen molar-refractivity contribution in [1.29, 1.82) is 0 Å². The van der Waals surface area contributed by atoms with E-state index in [0.717, 1.165) is 43.6 Å². The number of amides is 2. The molecule has 160 valence electrons. The normalized spacial score (nSPS) is 17.9. The zero-order valence-corrected chi connectivity index (χ0v) is 17.5. The molecule has 2 amide bonds. The van der Waals surface area contributed by atoms with Gasteiger partial charge >= 0.3 is 5.69 Å². The number of aromatic nitrogens is 3. The van der Waals surface area contributed by atoms with Gasteiger partial charge in [0.1, 0.15) is 5.82 Å². The smallest absolute Gasteiger partial charge is 0.345 e. The zero-order chi connectivity index (χ0) is 21.1. The molecule has 2 aromatic rings. The molecular weight excluding hydrogens is 382 g/mol. The maximum atomic E-state index is 12.6. The molecule has 1 unspecified atom stereocenters. The molecule has 30 heavy (non-hydrogen) atoms. The third kappa shape index (κ3) is 4.17. The Morgan fingerprint density at radius 1 is 1.17 bits per heavy atom. The topological polar surface area (TPSA) is 89.2 Å². The third-order valence-corrected chi connectivity index (χ3v) is 6.10. The average Bonchev–Trinajstić information content (AvgIpc) is 3.07. The fraction of sp³-hybridized carbons (Fsp3) is 0.545. The van der Waals surface area contributed by atoms with Crippen molar-refractivity contribution in [3.8, 4) is 0 Å². The molecule has 0 aliphatic carbocycles. The maximum absolute atomic E-state index is 12.6. The Morgan fingerprint density at radius 3 is 2.80 bits per heavy atom. The van der Waals surface area contributed by atoms with Crippen molar-refractivity contribution in [2.24, 2.45) is 0 Å². The second-order valence-corrected chi connectivity index (χ2v) is 8.12. The summed E-state index contributed by atoms with van der Waals surface area (Å²) in [6, 6.07) is 7.80. The summed E-state index contributed by atoms with van der Waals surface area (Å²) in [6.07, 6.45) is 4.66. The summed E-state index contributed by atoms with van der Waals surface area (Å²) in [7, 11) is 0. The Hall–Kier alpha value is -2.90. The van der Waals surface area contributed by atoms with E-state index < -0.39 is 0 Å². The Kier molecular flexibility index (Phi) is 6.01. The molecule has 0 spiro atoms. The summed E-state index contributed by atoms with van der Waals surface area (Å²) >= 11 is 0. The summed E-state index contributed by atoms with van der Waals surface area (Å²) in [5, 5.41) is 7.37. The number of fused-ring (bicyclic) bond motifs is 2. The van der Waals surface area contributed by atoms with Gasteiger partial charge in [-0.05, 0) is 36.8 Å². The highest BCUT2D eigenvalue weighted by atomic mass is 16.2. The van der Waals surface area contributed by atoms with E-state index in [1.165, 1.54) is 10.2 Å². The first-order valence-electron chi connectivity index (χ1n) is 10.8. The van der Waals surface area contributed by atoms with Crippen LogP contribution in [0.25, 0.3) is 0 Å². The van der Waals surface area contributed by atoms with Gasteiger partial charge in [0.05, 0.1) is 12.5 Å². The molecule has 1 aromatic heterocycles. The lowest BCUT2D eigenvalue weighted by atomic mass is 9.90. The second-order valence-electron chi connectivity index (χ2n) is 8.12. The highest BCUT2D eigenvalue weighted by Crippen LogP contribution is 2.32. The largest absolute Gasteiger partial charge is 0.356 e. The lowest BCUT2D eigenvalue weighted by molar-refractivity contribution is -0.133. The molecule has 1 aromatic carbocycles. The third-order valence-electron chi connectivity index (χ3n) is 6.10. The van der Waals surface area contributed by atoms with Crippen LogP contribution in [0.3, 0.4) is 0 Å². The molecule has 8 heteroatoms. The fourth-order valence-electron chi connectivity index (χ4n) is 4.55. The Balaban J connectivity index is 1.32. The molecule has 4 rings (SSSR count). The molecule has 3 heterocycles. The van der Waals surface area contributed by atoms with Gasteiger partial charge in [0, 0.05) is 39.5 Å². The van der Waals surface area contributed by atoms with Gasteiger partial charge in [-0.15, -0.1) is 0 Å². The SMILES string of the molecule is CC(=O)N1CCc2ccccc2C1CC(=O)NCCCn1nc2n(c1=O)CCCC2. The summed E-state index contributed by atoms with van der Waals surface area (Å²) in [5.74, 6) is 0.778. The van der Waals surface area contributed by atoms with Crippen LogP contribution in [0.15, 0.2) is 29.1 Å². The van der Waals surface area contributed by atoms with Gasteiger partial charge in [-0.3, -0.25) is 14.2 Å². The van der Waals surface area contributed by atoms with E-state index in [0.29, 0.717) is 26.1 Å². The molecule has 0 bridgehead atoms. The maximum Gasteiger partial charge on any atom is 0.345 e. The predicted octanol–water partition coefficient (Wildman–Crippen LogP) is 1.42. The number of hydrogen-bond acceptors (Lipinski definition) is 4. The van der Waals surface area contributed by atoms with Crippen LogP contribution in [-0.4, -0.2) is 44.2 Å². The summed E-state index contributed by atoms with van der Waals surface area (Å²) < 4.78 is 3.28. The van der Waals surface area contributed by atoms with Crippen LogP contribution in [-0.2, 0) is 35.5 Å². The van der Waals surface area contributed by atoms with Crippen molar-refractivity contribution < 1.29 is 9.59 Å². The Labute approximate surface area is 175 Å². The monoisotopic (exact) mass is 411 g/mol. The standard InChI is InChI=1S/C22H29N5O3/c1-16(28)25-14-10-17-7-2-3-8-18(17)19(25)15-21(29)23-11-6-13-27-22(30)26-12-5-4-9-20(26)24-27/h2-3,7-8,19H,4-6,9-15H2,1H3,(H,23,29). The second kappa shape index (κ2) is 8.85. The van der Waals surface area contributed by atoms with Gasteiger partial charge in [-0.25, -0.2) is 9.48 Å². The van der Waals surface area contributed by atoms with E-state index in [2.05, 4.69) is 16.5 Å². The lowest BCUT2D eigenvalue weighted by Gasteiger charge is -2.36. The van der Waals surface area contributed by atoms with Crippen LogP contribution in [0.4, 0.5) is 0 Å². The predicted molar refractivity (Wildman–Crippen MR) is 112 cm³/mol. The number of nitrogens with zero attached hydrogens (tertiary/aromatic N) is 4. The quantitative estimate of drug-likeness (QED) is 0.728. The highest BCUT2D eigenvalue weighted by Gasteiger charge is 2.30. The van der Waals surface area contributed by atoms with Crippen LogP contribution >= 0.6 is 0 Å². The van der Waals surface area contributed by atoms with E-state index in [1.54, 1.807) is 16.4 Å². The number of carbonyl (C=O) groups excluding carboxylic acids is 2. The first-order chi connectivity index (χ1) is 14.5. The first-order valence-corrected chi connectivity index (χ1v) is 10.8. The minimum atomic E-state index is -0.227. The van der Waals surface area contributed by atoms with Crippen molar-refractivity contribution in [3.63, 3.8) is 0 Å². The molecule has 0 radical (unpaired) electrons. The van der Waals surface area contributed by atoms with Gasteiger partial charge < -0.3 is 10.2 Å². The van der Waals surface area contributed by atoms with Crippen molar-refractivity contribution in [2.75, 3.05) is 13.1 Å². The number of rotatable bonds is 6. The summed E-state index contributed by atoms with van der Waals surface area (Å²) in [4.78, 5) is 38.8. The van der Waals surface area contributed by atoms with E-state index in [4.69, 9.17) is 0 Å². The number of carbonyl (C=O) groups is 2. The van der Waals surface area contributed by atoms with E-state index in [-0.39, 0.29) is 30.0 Å². The van der Waals surface area contributed by atoms with Crippen molar-refractivity contribution in [2.45, 2.75) is 64.6 Å². The Bertz CT molecular complexity index is 993. The first kappa shape index (κ1) is 20.4. The molecule has 2 aliphatic heterocycles. The molecule has 1 atom stereocenters. The highest BCUT2D eigenvalue weighted by molar-refractivity contribution is 5.79. The van der Waals surface area contributed by atoms with Crippen LogP contribution in [0.5, 0.6) is 0 Å². The van der Waals surface area contributed by atoms with Gasteiger partial charge in [0.25, 0.3) is 0 Å². The van der Waals surface area contributed by atoms with E-state index >= 15 is 0 Å². The molecule has 1 N–H and O–H groups in total. The van der Waals surface area contributed by atoms with Crippen LogP contribution in [0.2, 0.25) is 0 Å². The lowest BCUT2D eigenvalue weighted by Crippen LogP contribution is -2.41. The number of aryl methyl sites for hydroxylation is 2. The molecule has 0 saturated carbocycles. The fourth-order valence-corrected chi connectivity index (χ4v) is 4.55. The summed E-state index contributed by atoms with van der Waals surface area (Å²) in [6.45, 7) is 3.91. The van der Waals surface area contributed by atoms with E-state index in [9.17, 15) is 14.4 Å². The van der Waals surface area contributed by atoms with E-state index in [1.807, 2.05) is 18.2 Å². The van der Waals surface area contributed by atoms with Gasteiger partial charge in [0.2, 0.25) is 11.8 Å². The van der Waals surface area contributed by atoms with Crippen LogP contribution in [0.1, 0.15) is 55.6 Å². The van der Waals surface area contributed by atoms with Crippen molar-refractivity contribution in [3.05, 3.63) is 51.7 Å². The minimum absolute atomic E-state index is 0.00886. The average molecular weight is 412 g/mol. The van der Waals surface area contributed by atoms with Gasteiger partial charge in [0.15, 0.2) is 0 Å². The van der Waals surface area contributed by atoms with Gasteiger partial charge in [-0.1, -0.05) is 24.3 Å². The summed E-state index contributed by atoms with van der Waals surface area (Å²) in [5.41, 5.74) is 2.21. The van der Waals surface area contributed by atoms with Crippen LogP contribution in [0, 0.1) is 0 Å². The molecule has 2 aliphatic rings. The minimum Gasteiger partial charge on any atom is -0.356 e. The van der Waals surface area contributed by atoms with Gasteiger partial charge in [-0.2, -0.15) is 5.10 Å². The number of benzene rings is 1. The molecular formula is C22H29N5O3. The number of hydrogen-bond donors (Lipinski definition) is 1. The van der Waals surface area contributed by atoms with Crippen LogP contribution < -0.4 is 11.0 Å². The molecule has 8 nitrogen and oxygen atoms in total. The Morgan fingerprint density at radius 2 is 2.00 bits per heavy atom. The molecule has 0 saturated heterocycles. The van der Waals surface area contributed by atoms with Crippen molar-refractivity contribution in [1.82, 2.24) is 24.6 Å². The number of nitrogens with one attached hydrogen (secondary N) is 1. The zero-order valence-electron chi connectivity index (χ0n) is 17.5. The molecule has 0 fully saturated rings. The van der Waals surface area contributed by atoms with Crippen molar-refractivity contribution >= 4 is 11.8 Å².